The summed E-state index contributed by atoms with van der Waals surface area (Å²) in [6.45, 7) is 3.87. The monoisotopic (exact) mass is 418 g/mol. The van der Waals surface area contributed by atoms with Crippen molar-refractivity contribution in [3.05, 3.63) is 29.5 Å². The molecule has 3 heterocycles. The van der Waals surface area contributed by atoms with Gasteiger partial charge in [-0.2, -0.15) is 22.6 Å². The van der Waals surface area contributed by atoms with Crippen LogP contribution in [0.3, 0.4) is 0 Å². The summed E-state index contributed by atoms with van der Waals surface area (Å²) in [5.74, 6) is 0.0718. The number of aryl methyl sites for hydroxylation is 2. The van der Waals surface area contributed by atoms with Crippen molar-refractivity contribution in [3.63, 3.8) is 0 Å². The Kier molecular flexibility index (Phi) is 5.36. The minimum absolute atomic E-state index is 0.0718. The second-order valence-electron chi connectivity index (χ2n) is 6.73. The molecule has 28 heavy (non-hydrogen) atoms. The van der Waals surface area contributed by atoms with E-state index in [9.17, 15) is 21.6 Å². The van der Waals surface area contributed by atoms with E-state index in [0.29, 0.717) is 24.2 Å². The molecule has 0 bridgehead atoms. The highest BCUT2D eigenvalue weighted by Crippen LogP contribution is 2.29. The molecule has 0 aliphatic carbocycles. The summed E-state index contributed by atoms with van der Waals surface area (Å²) in [4.78, 5) is 7.27. The number of alkyl halides is 3. The highest BCUT2D eigenvalue weighted by Gasteiger charge is 2.35. The Morgan fingerprint density at radius 2 is 1.82 bits per heavy atom. The molecule has 0 radical (unpaired) electrons. The van der Waals surface area contributed by atoms with Gasteiger partial charge in [-0.15, -0.1) is 0 Å². The minimum atomic E-state index is -4.55. The number of halogens is 3. The van der Waals surface area contributed by atoms with Crippen molar-refractivity contribution >= 4 is 15.8 Å². The molecule has 0 amide bonds. The Balaban J connectivity index is 1.68. The highest BCUT2D eigenvalue weighted by atomic mass is 32.2. The molecule has 12 heteroatoms. The molecular weight excluding hydrogens is 397 g/mol. The Morgan fingerprint density at radius 1 is 1.18 bits per heavy atom. The van der Waals surface area contributed by atoms with E-state index >= 15 is 0 Å². The van der Waals surface area contributed by atoms with Crippen molar-refractivity contribution in [1.29, 1.82) is 0 Å². The molecule has 0 unspecified atom stereocenters. The summed E-state index contributed by atoms with van der Waals surface area (Å²) >= 11 is 0. The Hall–Kier alpha value is -2.21. The lowest BCUT2D eigenvalue weighted by atomic mass is 10.1. The predicted molar refractivity (Wildman–Crippen MR) is 95.1 cm³/mol. The van der Waals surface area contributed by atoms with Gasteiger partial charge >= 0.3 is 6.18 Å². The van der Waals surface area contributed by atoms with E-state index in [0.717, 1.165) is 12.4 Å². The van der Waals surface area contributed by atoms with E-state index < -0.39 is 21.9 Å². The van der Waals surface area contributed by atoms with E-state index in [-0.39, 0.29) is 29.8 Å². The molecule has 2 aromatic rings. The van der Waals surface area contributed by atoms with Gasteiger partial charge in [-0.1, -0.05) is 0 Å². The van der Waals surface area contributed by atoms with Gasteiger partial charge in [0.2, 0.25) is 10.0 Å². The van der Waals surface area contributed by atoms with E-state index in [1.54, 1.807) is 20.9 Å². The van der Waals surface area contributed by atoms with E-state index in [1.165, 1.54) is 8.99 Å². The number of aromatic nitrogens is 4. The second kappa shape index (κ2) is 7.32. The molecule has 8 nitrogen and oxygen atoms in total. The second-order valence-corrected chi connectivity index (χ2v) is 8.61. The lowest BCUT2D eigenvalue weighted by Crippen LogP contribution is -2.42. The molecule has 1 fully saturated rings. The maximum Gasteiger partial charge on any atom is 0.433 e. The first-order valence-electron chi connectivity index (χ1n) is 8.66. The van der Waals surface area contributed by atoms with Gasteiger partial charge in [-0.3, -0.25) is 4.68 Å². The molecule has 154 valence electrons. The van der Waals surface area contributed by atoms with Crippen molar-refractivity contribution in [2.24, 2.45) is 7.05 Å². The lowest BCUT2D eigenvalue weighted by molar-refractivity contribution is -0.141. The van der Waals surface area contributed by atoms with Crippen molar-refractivity contribution in [1.82, 2.24) is 24.1 Å². The highest BCUT2D eigenvalue weighted by molar-refractivity contribution is 7.89. The number of nitrogens with one attached hydrogen (secondary N) is 1. The van der Waals surface area contributed by atoms with Crippen molar-refractivity contribution in [2.45, 2.75) is 43.8 Å². The largest absolute Gasteiger partial charge is 0.433 e. The third kappa shape index (κ3) is 3.97. The molecular formula is C16H21F3N6O2S. The van der Waals surface area contributed by atoms with E-state index in [1.807, 2.05) is 0 Å². The lowest BCUT2D eigenvalue weighted by Gasteiger charge is -2.32. The average Bonchev–Trinajstić information content (AvgIpc) is 2.87. The molecule has 0 aromatic carbocycles. The Morgan fingerprint density at radius 3 is 2.36 bits per heavy atom. The number of anilines is 1. The summed E-state index contributed by atoms with van der Waals surface area (Å²) < 4.78 is 67.1. The zero-order valence-corrected chi connectivity index (χ0v) is 16.5. The van der Waals surface area contributed by atoms with Gasteiger partial charge in [0.15, 0.2) is 0 Å². The van der Waals surface area contributed by atoms with Crippen LogP contribution in [0.5, 0.6) is 0 Å². The summed E-state index contributed by atoms with van der Waals surface area (Å²) in [5, 5.41) is 7.11. The molecule has 3 rings (SSSR count). The number of rotatable bonds is 4. The number of hydrogen-bond donors (Lipinski definition) is 1. The van der Waals surface area contributed by atoms with Crippen LogP contribution in [0.15, 0.2) is 17.3 Å². The summed E-state index contributed by atoms with van der Waals surface area (Å²) in [5.41, 5.74) is -0.00753. The molecule has 1 aliphatic rings. The van der Waals surface area contributed by atoms with Crippen LogP contribution in [0.25, 0.3) is 0 Å². The van der Waals surface area contributed by atoms with Crippen LogP contribution in [0.1, 0.15) is 29.9 Å². The topological polar surface area (TPSA) is 93.0 Å². The van der Waals surface area contributed by atoms with Crippen LogP contribution in [-0.4, -0.2) is 51.6 Å². The van der Waals surface area contributed by atoms with Crippen LogP contribution in [0, 0.1) is 13.8 Å². The fraction of sp³-hybridized carbons (Fsp3) is 0.562. The van der Waals surface area contributed by atoms with Crippen LogP contribution in [0.4, 0.5) is 19.0 Å². The van der Waals surface area contributed by atoms with Crippen LogP contribution < -0.4 is 5.32 Å². The average molecular weight is 418 g/mol. The number of hydrogen-bond acceptors (Lipinski definition) is 6. The van der Waals surface area contributed by atoms with Crippen molar-refractivity contribution in [2.75, 3.05) is 18.4 Å². The Labute approximate surface area is 160 Å². The molecule has 0 spiro atoms. The van der Waals surface area contributed by atoms with Gasteiger partial charge in [-0.25, -0.2) is 18.4 Å². The van der Waals surface area contributed by atoms with Gasteiger partial charge in [0.25, 0.3) is 0 Å². The first-order chi connectivity index (χ1) is 13.0. The maximum atomic E-state index is 13.0. The Bertz CT molecular complexity index is 965. The number of piperidine rings is 1. The summed E-state index contributed by atoms with van der Waals surface area (Å²) in [7, 11) is -1.99. The number of sulfonamides is 1. The molecule has 1 N–H and O–H groups in total. The first kappa shape index (κ1) is 20.5. The smallest absolute Gasteiger partial charge is 0.367 e. The molecule has 1 aliphatic heterocycles. The third-order valence-electron chi connectivity index (χ3n) is 4.80. The quantitative estimate of drug-likeness (QED) is 0.818. The van der Waals surface area contributed by atoms with Crippen LogP contribution in [-0.2, 0) is 23.2 Å². The van der Waals surface area contributed by atoms with Crippen molar-refractivity contribution < 1.29 is 21.6 Å². The van der Waals surface area contributed by atoms with E-state index in [4.69, 9.17) is 0 Å². The normalized spacial score (nSPS) is 17.1. The third-order valence-corrected chi connectivity index (χ3v) is 6.96. The van der Waals surface area contributed by atoms with Gasteiger partial charge in [0, 0.05) is 32.2 Å². The van der Waals surface area contributed by atoms with Crippen molar-refractivity contribution in [3.8, 4) is 0 Å². The SMILES string of the molecule is Cc1nn(C)c(C)c1S(=O)(=O)N1CCC(Nc2cc(C(F)(F)F)ncn2)CC1. The van der Waals surface area contributed by atoms with Gasteiger partial charge in [0.1, 0.15) is 22.7 Å². The van der Waals surface area contributed by atoms with Gasteiger partial charge in [-0.05, 0) is 26.7 Å². The number of nitrogens with zero attached hydrogens (tertiary/aromatic N) is 5. The summed E-state index contributed by atoms with van der Waals surface area (Å²) in [6, 6.07) is 0.671. The molecule has 0 saturated carbocycles. The first-order valence-corrected chi connectivity index (χ1v) is 10.1. The minimum Gasteiger partial charge on any atom is -0.367 e. The van der Waals surface area contributed by atoms with Crippen LogP contribution in [0.2, 0.25) is 0 Å². The fourth-order valence-electron chi connectivity index (χ4n) is 3.30. The summed E-state index contributed by atoms with van der Waals surface area (Å²) in [6.07, 6.45) is -2.79. The van der Waals surface area contributed by atoms with Crippen LogP contribution >= 0.6 is 0 Å². The van der Waals surface area contributed by atoms with Gasteiger partial charge < -0.3 is 5.32 Å². The predicted octanol–water partition coefficient (Wildman–Crippen LogP) is 2.11. The zero-order valence-electron chi connectivity index (χ0n) is 15.7. The molecule has 1 saturated heterocycles. The fourth-order valence-corrected chi connectivity index (χ4v) is 5.17. The van der Waals surface area contributed by atoms with Gasteiger partial charge in [0.05, 0.1) is 11.4 Å². The molecule has 0 atom stereocenters. The molecule has 2 aromatic heterocycles. The van der Waals surface area contributed by atoms with E-state index in [2.05, 4.69) is 20.4 Å². The zero-order chi connectivity index (χ0) is 20.7. The standard InChI is InChI=1S/C16H21F3N6O2S/c1-10-15(11(2)24(3)23-10)28(26,27)25-6-4-12(5-7-25)22-14-8-13(16(17,18)19)20-9-21-14/h8-9,12H,4-7H2,1-3H3,(H,20,21,22). The maximum absolute atomic E-state index is 13.0.